The number of fused-ring (bicyclic) bond motifs is 1. The molecule has 0 saturated carbocycles. The molecule has 0 bridgehead atoms. The van der Waals surface area contributed by atoms with Gasteiger partial charge in [0, 0.05) is 37.3 Å². The number of carbonyl (C=O) groups excluding carboxylic acids is 1. The van der Waals surface area contributed by atoms with Gasteiger partial charge in [-0.25, -0.2) is 0 Å². The van der Waals surface area contributed by atoms with E-state index in [1.165, 1.54) is 5.56 Å². The van der Waals surface area contributed by atoms with E-state index < -0.39 is 0 Å². The van der Waals surface area contributed by atoms with E-state index in [1.54, 1.807) is 0 Å². The molecule has 2 aliphatic heterocycles. The lowest BCUT2D eigenvalue weighted by molar-refractivity contribution is -0.128. The molecule has 0 unspecified atom stereocenters. The fourth-order valence-corrected chi connectivity index (χ4v) is 3.55. The van der Waals surface area contributed by atoms with Crippen molar-refractivity contribution in [2.45, 2.75) is 32.3 Å². The van der Waals surface area contributed by atoms with Gasteiger partial charge < -0.3 is 14.8 Å². The first-order chi connectivity index (χ1) is 12.7. The van der Waals surface area contributed by atoms with Gasteiger partial charge in [-0.3, -0.25) is 9.78 Å². The fourth-order valence-electron chi connectivity index (χ4n) is 3.55. The van der Waals surface area contributed by atoms with Crippen LogP contribution in [0.2, 0.25) is 0 Å². The van der Waals surface area contributed by atoms with Gasteiger partial charge >= 0.3 is 0 Å². The molecule has 2 aliphatic rings. The van der Waals surface area contributed by atoms with Gasteiger partial charge in [-0.15, -0.1) is 0 Å². The van der Waals surface area contributed by atoms with Crippen molar-refractivity contribution in [3.8, 4) is 17.0 Å². The second kappa shape index (κ2) is 7.46. The maximum atomic E-state index is 12.3. The van der Waals surface area contributed by atoms with Crippen LogP contribution in [0, 0.1) is 12.8 Å². The zero-order valence-electron chi connectivity index (χ0n) is 15.0. The SMILES string of the molecule is Cc1ccc(-c2ccc3c(c2)C[C@H](CNC(=O)C2CCOCC2)O3)nc1. The number of aryl methyl sites for hydroxylation is 1. The van der Waals surface area contributed by atoms with Crippen LogP contribution in [0.3, 0.4) is 0 Å². The summed E-state index contributed by atoms with van der Waals surface area (Å²) < 4.78 is 11.3. The summed E-state index contributed by atoms with van der Waals surface area (Å²) in [5, 5.41) is 3.05. The van der Waals surface area contributed by atoms with Gasteiger partial charge in [0.1, 0.15) is 11.9 Å². The lowest BCUT2D eigenvalue weighted by Gasteiger charge is -2.22. The van der Waals surface area contributed by atoms with Crippen molar-refractivity contribution in [1.29, 1.82) is 0 Å². The molecule has 0 radical (unpaired) electrons. The Hall–Kier alpha value is -2.40. The predicted molar refractivity (Wildman–Crippen MR) is 99.1 cm³/mol. The third-order valence-electron chi connectivity index (χ3n) is 5.10. The zero-order chi connectivity index (χ0) is 17.9. The standard InChI is InChI=1S/C21H24N2O3/c1-14-2-4-19(22-12-14)16-3-5-20-17(10-16)11-18(26-20)13-23-21(24)15-6-8-25-9-7-15/h2-5,10,12,15,18H,6-9,11,13H2,1H3,(H,23,24)/t18-/m1/s1. The first-order valence-corrected chi connectivity index (χ1v) is 9.27. The van der Waals surface area contributed by atoms with Gasteiger partial charge in [0.05, 0.1) is 12.2 Å². The van der Waals surface area contributed by atoms with Crippen molar-refractivity contribution in [3.63, 3.8) is 0 Å². The normalized spacial score (nSPS) is 19.7. The van der Waals surface area contributed by atoms with Crippen LogP contribution in [-0.2, 0) is 16.0 Å². The summed E-state index contributed by atoms with van der Waals surface area (Å²) in [4.78, 5) is 16.8. The Morgan fingerprint density at radius 3 is 2.85 bits per heavy atom. The molecule has 1 aromatic carbocycles. The van der Waals surface area contributed by atoms with E-state index in [9.17, 15) is 4.79 Å². The molecule has 5 heteroatoms. The second-order valence-corrected chi connectivity index (χ2v) is 7.12. The molecular weight excluding hydrogens is 328 g/mol. The highest BCUT2D eigenvalue weighted by Crippen LogP contribution is 2.32. The topological polar surface area (TPSA) is 60.5 Å². The smallest absolute Gasteiger partial charge is 0.223 e. The van der Waals surface area contributed by atoms with Crippen molar-refractivity contribution in [2.24, 2.45) is 5.92 Å². The Kier molecular flexibility index (Phi) is 4.89. The van der Waals surface area contributed by atoms with E-state index in [-0.39, 0.29) is 17.9 Å². The Morgan fingerprint density at radius 2 is 2.08 bits per heavy atom. The van der Waals surface area contributed by atoms with Crippen LogP contribution in [0.15, 0.2) is 36.5 Å². The van der Waals surface area contributed by atoms with Crippen LogP contribution in [0.4, 0.5) is 0 Å². The summed E-state index contributed by atoms with van der Waals surface area (Å²) in [5.41, 5.74) is 4.39. The molecule has 1 saturated heterocycles. The quantitative estimate of drug-likeness (QED) is 0.919. The highest BCUT2D eigenvalue weighted by Gasteiger charge is 2.26. The molecule has 4 rings (SSSR count). The number of nitrogens with zero attached hydrogens (tertiary/aromatic N) is 1. The van der Waals surface area contributed by atoms with E-state index >= 15 is 0 Å². The average molecular weight is 352 g/mol. The summed E-state index contributed by atoms with van der Waals surface area (Å²) in [5.74, 6) is 1.11. The summed E-state index contributed by atoms with van der Waals surface area (Å²) in [6.45, 7) is 3.94. The number of hydrogen-bond donors (Lipinski definition) is 1. The summed E-state index contributed by atoms with van der Waals surface area (Å²) >= 11 is 0. The van der Waals surface area contributed by atoms with Crippen LogP contribution in [0.1, 0.15) is 24.0 Å². The van der Waals surface area contributed by atoms with E-state index in [0.29, 0.717) is 19.8 Å². The number of ether oxygens (including phenoxy) is 2. The summed E-state index contributed by atoms with van der Waals surface area (Å²) in [7, 11) is 0. The maximum absolute atomic E-state index is 12.3. The first kappa shape index (κ1) is 17.0. The van der Waals surface area contributed by atoms with Crippen molar-refractivity contribution in [2.75, 3.05) is 19.8 Å². The minimum atomic E-state index is -0.00461. The van der Waals surface area contributed by atoms with Gasteiger partial charge in [-0.05, 0) is 55.2 Å². The van der Waals surface area contributed by atoms with E-state index in [1.807, 2.05) is 31.3 Å². The minimum absolute atomic E-state index is 0.00461. The largest absolute Gasteiger partial charge is 0.488 e. The molecule has 3 heterocycles. The molecule has 1 amide bonds. The third-order valence-corrected chi connectivity index (χ3v) is 5.10. The molecule has 0 aliphatic carbocycles. The number of rotatable bonds is 4. The number of nitrogens with one attached hydrogen (secondary N) is 1. The van der Waals surface area contributed by atoms with Gasteiger partial charge in [0.2, 0.25) is 5.91 Å². The van der Waals surface area contributed by atoms with E-state index in [4.69, 9.17) is 9.47 Å². The first-order valence-electron chi connectivity index (χ1n) is 9.27. The number of hydrogen-bond acceptors (Lipinski definition) is 4. The number of benzene rings is 1. The zero-order valence-corrected chi connectivity index (χ0v) is 15.0. The van der Waals surface area contributed by atoms with Gasteiger partial charge in [-0.2, -0.15) is 0 Å². The Labute approximate surface area is 153 Å². The van der Waals surface area contributed by atoms with E-state index in [2.05, 4.69) is 22.4 Å². The molecule has 136 valence electrons. The average Bonchev–Trinajstić information content (AvgIpc) is 3.09. The van der Waals surface area contributed by atoms with Crippen molar-refractivity contribution >= 4 is 5.91 Å². The molecule has 0 spiro atoms. The van der Waals surface area contributed by atoms with Crippen molar-refractivity contribution in [1.82, 2.24) is 10.3 Å². The molecule has 26 heavy (non-hydrogen) atoms. The van der Waals surface area contributed by atoms with Crippen LogP contribution >= 0.6 is 0 Å². The van der Waals surface area contributed by atoms with E-state index in [0.717, 1.165) is 41.8 Å². The number of amides is 1. The van der Waals surface area contributed by atoms with Gasteiger partial charge in [-0.1, -0.05) is 6.07 Å². The molecule has 2 aromatic rings. The maximum Gasteiger partial charge on any atom is 0.223 e. The lowest BCUT2D eigenvalue weighted by atomic mass is 9.99. The summed E-state index contributed by atoms with van der Waals surface area (Å²) in [6.07, 6.45) is 4.31. The molecule has 1 atom stereocenters. The second-order valence-electron chi connectivity index (χ2n) is 7.12. The van der Waals surface area contributed by atoms with Gasteiger partial charge in [0.25, 0.3) is 0 Å². The number of pyridine rings is 1. The molecule has 1 fully saturated rings. The van der Waals surface area contributed by atoms with Crippen molar-refractivity contribution < 1.29 is 14.3 Å². The Morgan fingerprint density at radius 1 is 1.23 bits per heavy atom. The lowest BCUT2D eigenvalue weighted by Crippen LogP contribution is -2.39. The molecular formula is C21H24N2O3. The van der Waals surface area contributed by atoms with Crippen molar-refractivity contribution in [3.05, 3.63) is 47.7 Å². The molecule has 1 aromatic heterocycles. The Balaban J connectivity index is 1.36. The number of aromatic nitrogens is 1. The highest BCUT2D eigenvalue weighted by molar-refractivity contribution is 5.78. The van der Waals surface area contributed by atoms with Crippen LogP contribution in [0.5, 0.6) is 5.75 Å². The van der Waals surface area contributed by atoms with Crippen LogP contribution in [0.25, 0.3) is 11.3 Å². The molecule has 1 N–H and O–H groups in total. The van der Waals surface area contributed by atoms with Crippen LogP contribution in [-0.4, -0.2) is 36.8 Å². The molecule has 5 nitrogen and oxygen atoms in total. The third kappa shape index (κ3) is 3.73. The monoisotopic (exact) mass is 352 g/mol. The minimum Gasteiger partial charge on any atom is -0.488 e. The fraction of sp³-hybridized carbons (Fsp3) is 0.429. The highest BCUT2D eigenvalue weighted by atomic mass is 16.5. The predicted octanol–water partition coefficient (Wildman–Crippen LogP) is 2.90. The van der Waals surface area contributed by atoms with Gasteiger partial charge in [0.15, 0.2) is 0 Å². The van der Waals surface area contributed by atoms with Crippen LogP contribution < -0.4 is 10.1 Å². The summed E-state index contributed by atoms with van der Waals surface area (Å²) in [6, 6.07) is 10.3. The Bertz CT molecular complexity index is 782. The number of carbonyl (C=O) groups is 1.